The highest BCUT2D eigenvalue weighted by Gasteiger charge is 2.30. The van der Waals surface area contributed by atoms with E-state index in [9.17, 15) is 0 Å². The zero-order valence-corrected chi connectivity index (χ0v) is 12.9. The molecule has 3 fully saturated rings. The van der Waals surface area contributed by atoms with E-state index in [2.05, 4.69) is 14.6 Å². The molecule has 4 rings (SSSR count). The summed E-state index contributed by atoms with van der Waals surface area (Å²) in [5, 5.41) is 5.02. The monoisotopic (exact) mass is 292 g/mol. The van der Waals surface area contributed by atoms with Crippen LogP contribution in [0.15, 0.2) is 0 Å². The average Bonchev–Trinajstić information content (AvgIpc) is 3.00. The zero-order valence-electron chi connectivity index (χ0n) is 12.1. The standard InChI is InChI=1S/C15H24N4S/c1-2-4-12(3-1)16-13-7-9-19(10-8-13)15-17-14(18-20-15)11-5-6-11/h11-13,16H,1-10H2. The van der Waals surface area contributed by atoms with E-state index in [1.807, 2.05) is 0 Å². The second-order valence-corrected chi connectivity index (χ2v) is 7.35. The largest absolute Gasteiger partial charge is 0.347 e. The summed E-state index contributed by atoms with van der Waals surface area (Å²) < 4.78 is 4.53. The Labute approximate surface area is 125 Å². The molecule has 0 bridgehead atoms. The van der Waals surface area contributed by atoms with Gasteiger partial charge in [0.05, 0.1) is 0 Å². The number of anilines is 1. The second-order valence-electron chi connectivity index (χ2n) is 6.62. The Morgan fingerprint density at radius 2 is 1.65 bits per heavy atom. The van der Waals surface area contributed by atoms with Crippen molar-refractivity contribution < 1.29 is 0 Å². The van der Waals surface area contributed by atoms with Crippen LogP contribution >= 0.6 is 11.5 Å². The van der Waals surface area contributed by atoms with Gasteiger partial charge >= 0.3 is 0 Å². The van der Waals surface area contributed by atoms with Crippen molar-refractivity contribution in [2.75, 3.05) is 18.0 Å². The third kappa shape index (κ3) is 2.84. The highest BCUT2D eigenvalue weighted by molar-refractivity contribution is 7.09. The lowest BCUT2D eigenvalue weighted by molar-refractivity contribution is 0.367. The third-order valence-corrected chi connectivity index (χ3v) is 5.76. The summed E-state index contributed by atoms with van der Waals surface area (Å²) in [5.41, 5.74) is 0. The van der Waals surface area contributed by atoms with Crippen molar-refractivity contribution in [1.82, 2.24) is 14.7 Å². The molecule has 2 saturated carbocycles. The quantitative estimate of drug-likeness (QED) is 0.926. The number of rotatable bonds is 4. The summed E-state index contributed by atoms with van der Waals surface area (Å²) in [6.07, 6.45) is 10.7. The lowest BCUT2D eigenvalue weighted by Crippen LogP contribution is -2.45. The number of nitrogens with one attached hydrogen (secondary N) is 1. The summed E-state index contributed by atoms with van der Waals surface area (Å²) in [6.45, 7) is 2.29. The van der Waals surface area contributed by atoms with Crippen LogP contribution in [0.5, 0.6) is 0 Å². The van der Waals surface area contributed by atoms with Crippen LogP contribution in [0.25, 0.3) is 0 Å². The molecule has 4 nitrogen and oxygen atoms in total. The Hall–Kier alpha value is -0.680. The van der Waals surface area contributed by atoms with Gasteiger partial charge in [0.2, 0.25) is 5.13 Å². The van der Waals surface area contributed by atoms with Gasteiger partial charge in [0.25, 0.3) is 0 Å². The van der Waals surface area contributed by atoms with Crippen LogP contribution in [0.3, 0.4) is 0 Å². The van der Waals surface area contributed by atoms with Crippen LogP contribution in [0.4, 0.5) is 5.13 Å². The van der Waals surface area contributed by atoms with E-state index in [0.29, 0.717) is 5.92 Å². The van der Waals surface area contributed by atoms with Gasteiger partial charge in [0.15, 0.2) is 0 Å². The Bertz CT molecular complexity index is 442. The highest BCUT2D eigenvalue weighted by Crippen LogP contribution is 2.40. The van der Waals surface area contributed by atoms with Crippen molar-refractivity contribution in [3.8, 4) is 0 Å². The summed E-state index contributed by atoms with van der Waals surface area (Å²) >= 11 is 1.60. The molecule has 0 aromatic carbocycles. The molecule has 0 unspecified atom stereocenters. The van der Waals surface area contributed by atoms with Crippen molar-refractivity contribution in [2.24, 2.45) is 0 Å². The SMILES string of the molecule is C1CCC(NC2CCN(c3nc(C4CC4)ns3)CC2)C1. The molecule has 0 radical (unpaired) electrons. The fourth-order valence-electron chi connectivity index (χ4n) is 3.53. The fraction of sp³-hybridized carbons (Fsp3) is 0.867. The van der Waals surface area contributed by atoms with E-state index in [1.165, 1.54) is 51.4 Å². The molecule has 20 heavy (non-hydrogen) atoms. The van der Waals surface area contributed by atoms with E-state index in [0.717, 1.165) is 36.1 Å². The van der Waals surface area contributed by atoms with Gasteiger partial charge < -0.3 is 10.2 Å². The minimum absolute atomic E-state index is 0.682. The van der Waals surface area contributed by atoms with E-state index in [1.54, 1.807) is 11.5 Å². The Morgan fingerprint density at radius 3 is 2.35 bits per heavy atom. The van der Waals surface area contributed by atoms with Crippen LogP contribution in [-0.2, 0) is 0 Å². The number of nitrogens with zero attached hydrogens (tertiary/aromatic N) is 3. The molecule has 2 heterocycles. The van der Waals surface area contributed by atoms with Crippen molar-refractivity contribution in [3.63, 3.8) is 0 Å². The van der Waals surface area contributed by atoms with Crippen LogP contribution in [-0.4, -0.2) is 34.5 Å². The molecule has 0 spiro atoms. The zero-order chi connectivity index (χ0) is 13.4. The van der Waals surface area contributed by atoms with Gasteiger partial charge in [-0.2, -0.15) is 4.37 Å². The minimum atomic E-state index is 0.682. The lowest BCUT2D eigenvalue weighted by atomic mass is 10.0. The van der Waals surface area contributed by atoms with Gasteiger partial charge in [-0.3, -0.25) is 0 Å². The topological polar surface area (TPSA) is 41.0 Å². The summed E-state index contributed by atoms with van der Waals surface area (Å²) in [4.78, 5) is 7.18. The first-order chi connectivity index (χ1) is 9.88. The normalized spacial score (nSPS) is 25.5. The van der Waals surface area contributed by atoms with Gasteiger partial charge in [0, 0.05) is 42.6 Å². The minimum Gasteiger partial charge on any atom is -0.347 e. The van der Waals surface area contributed by atoms with E-state index in [-0.39, 0.29) is 0 Å². The van der Waals surface area contributed by atoms with E-state index >= 15 is 0 Å². The van der Waals surface area contributed by atoms with Gasteiger partial charge in [0.1, 0.15) is 5.82 Å². The van der Waals surface area contributed by atoms with Gasteiger partial charge in [-0.15, -0.1) is 0 Å². The molecule has 5 heteroatoms. The number of hydrogen-bond donors (Lipinski definition) is 1. The Kier molecular flexibility index (Phi) is 3.65. The smallest absolute Gasteiger partial charge is 0.205 e. The lowest BCUT2D eigenvalue weighted by Gasteiger charge is -2.33. The summed E-state index contributed by atoms with van der Waals surface area (Å²) in [5.74, 6) is 1.79. The first-order valence-electron chi connectivity index (χ1n) is 8.23. The maximum absolute atomic E-state index is 4.74. The Balaban J connectivity index is 1.29. The molecule has 0 atom stereocenters. The van der Waals surface area contributed by atoms with Crippen LogP contribution in [0.2, 0.25) is 0 Å². The predicted molar refractivity (Wildman–Crippen MR) is 82.5 cm³/mol. The maximum Gasteiger partial charge on any atom is 0.205 e. The van der Waals surface area contributed by atoms with Gasteiger partial charge in [-0.05, 0) is 38.5 Å². The molecule has 1 saturated heterocycles. The molecule has 2 aliphatic carbocycles. The van der Waals surface area contributed by atoms with Crippen molar-refractivity contribution in [3.05, 3.63) is 5.82 Å². The Morgan fingerprint density at radius 1 is 0.950 bits per heavy atom. The van der Waals surface area contributed by atoms with Gasteiger partial charge in [-0.1, -0.05) is 12.8 Å². The molecule has 0 amide bonds. The maximum atomic E-state index is 4.74. The fourth-order valence-corrected chi connectivity index (χ4v) is 4.32. The van der Waals surface area contributed by atoms with Crippen LogP contribution < -0.4 is 10.2 Å². The molecule has 1 aromatic heterocycles. The number of piperidine rings is 1. The molecule has 1 aliphatic heterocycles. The predicted octanol–water partition coefficient (Wildman–Crippen LogP) is 2.92. The summed E-state index contributed by atoms with van der Waals surface area (Å²) in [6, 6.07) is 1.53. The van der Waals surface area contributed by atoms with Crippen LogP contribution in [0.1, 0.15) is 63.1 Å². The van der Waals surface area contributed by atoms with Crippen molar-refractivity contribution in [1.29, 1.82) is 0 Å². The number of hydrogen-bond acceptors (Lipinski definition) is 5. The van der Waals surface area contributed by atoms with Crippen molar-refractivity contribution >= 4 is 16.7 Å². The summed E-state index contributed by atoms with van der Waals surface area (Å²) in [7, 11) is 0. The molecular formula is C15H24N4S. The first-order valence-corrected chi connectivity index (χ1v) is 9.00. The van der Waals surface area contributed by atoms with E-state index in [4.69, 9.17) is 4.98 Å². The second kappa shape index (κ2) is 5.60. The molecule has 3 aliphatic rings. The molecule has 1 N–H and O–H groups in total. The number of aromatic nitrogens is 2. The van der Waals surface area contributed by atoms with E-state index < -0.39 is 0 Å². The van der Waals surface area contributed by atoms with Crippen LogP contribution in [0, 0.1) is 0 Å². The molecule has 1 aromatic rings. The van der Waals surface area contributed by atoms with Gasteiger partial charge in [-0.25, -0.2) is 4.98 Å². The first kappa shape index (κ1) is 13.0. The third-order valence-electron chi connectivity index (χ3n) is 4.97. The molecule has 110 valence electrons. The highest BCUT2D eigenvalue weighted by atomic mass is 32.1. The average molecular weight is 292 g/mol. The molecular weight excluding hydrogens is 268 g/mol. The van der Waals surface area contributed by atoms with Crippen molar-refractivity contribution in [2.45, 2.75) is 69.4 Å².